The number of aryl methyl sites for hydroxylation is 1. The van der Waals surface area contributed by atoms with Crippen LogP contribution >= 0.6 is 27.3 Å². The third-order valence-electron chi connectivity index (χ3n) is 4.99. The number of fused-ring (bicyclic) bond motifs is 1. The molecule has 154 valence electrons. The molecular formula is C23H15BrFN3O2S. The van der Waals surface area contributed by atoms with Gasteiger partial charge < -0.3 is 9.73 Å². The van der Waals surface area contributed by atoms with Crippen molar-refractivity contribution in [2.24, 2.45) is 0 Å². The zero-order valence-corrected chi connectivity index (χ0v) is 18.6. The number of thiophene rings is 1. The Bertz CT molecular complexity index is 1290. The van der Waals surface area contributed by atoms with Crippen LogP contribution in [0.5, 0.6) is 0 Å². The molecule has 8 heteroatoms. The maximum Gasteiger partial charge on any atom is 0.267 e. The topological polar surface area (TPSA) is 89.8 Å². The summed E-state index contributed by atoms with van der Waals surface area (Å²) in [6.45, 7) is 0. The quantitative estimate of drug-likeness (QED) is 0.344. The van der Waals surface area contributed by atoms with Crippen LogP contribution in [-0.2, 0) is 17.6 Å². The average Bonchev–Trinajstić information content (AvgIpc) is 3.35. The van der Waals surface area contributed by atoms with Gasteiger partial charge in [-0.1, -0.05) is 0 Å². The number of benzene rings is 1. The summed E-state index contributed by atoms with van der Waals surface area (Å²) in [5.74, 6) is -0.200. The highest BCUT2D eigenvalue weighted by molar-refractivity contribution is 9.10. The maximum absolute atomic E-state index is 13.3. The molecule has 0 radical (unpaired) electrons. The van der Waals surface area contributed by atoms with Crippen molar-refractivity contribution in [2.75, 3.05) is 5.32 Å². The summed E-state index contributed by atoms with van der Waals surface area (Å²) >= 11 is 4.70. The van der Waals surface area contributed by atoms with E-state index in [-0.39, 0.29) is 11.4 Å². The number of carbonyl (C=O) groups excluding carboxylic acids is 1. The summed E-state index contributed by atoms with van der Waals surface area (Å²) in [5.41, 5.74) is 2.00. The number of hydrogen-bond acceptors (Lipinski definition) is 5. The number of hydrogen-bond donors (Lipinski definition) is 1. The first-order valence-corrected chi connectivity index (χ1v) is 11.1. The number of amides is 1. The van der Waals surface area contributed by atoms with Crippen molar-refractivity contribution in [1.82, 2.24) is 0 Å². The van der Waals surface area contributed by atoms with Gasteiger partial charge in [0.15, 0.2) is 0 Å². The molecule has 0 aliphatic heterocycles. The molecule has 0 saturated carbocycles. The Balaban J connectivity index is 1.58. The Hall–Kier alpha value is -3.20. The summed E-state index contributed by atoms with van der Waals surface area (Å²) < 4.78 is 19.6. The van der Waals surface area contributed by atoms with E-state index >= 15 is 0 Å². The van der Waals surface area contributed by atoms with Crippen molar-refractivity contribution < 1.29 is 13.6 Å². The van der Waals surface area contributed by atoms with Gasteiger partial charge >= 0.3 is 0 Å². The van der Waals surface area contributed by atoms with Gasteiger partial charge in [0.05, 0.1) is 5.56 Å². The van der Waals surface area contributed by atoms with Crippen molar-refractivity contribution >= 4 is 44.3 Å². The van der Waals surface area contributed by atoms with Gasteiger partial charge in [-0.2, -0.15) is 10.5 Å². The van der Waals surface area contributed by atoms with Crippen LogP contribution in [0.3, 0.4) is 0 Å². The van der Waals surface area contributed by atoms with Crippen molar-refractivity contribution in [1.29, 1.82) is 10.5 Å². The van der Waals surface area contributed by atoms with Gasteiger partial charge in [0, 0.05) is 21.0 Å². The van der Waals surface area contributed by atoms with Gasteiger partial charge in [-0.3, -0.25) is 4.79 Å². The highest BCUT2D eigenvalue weighted by Gasteiger charge is 2.23. The van der Waals surface area contributed by atoms with Gasteiger partial charge in [-0.05, 0) is 77.5 Å². The highest BCUT2D eigenvalue weighted by Crippen LogP contribution is 2.38. The first kappa shape index (κ1) is 21.0. The molecule has 2 aromatic heterocycles. The minimum atomic E-state index is -0.599. The first-order valence-electron chi connectivity index (χ1n) is 9.53. The molecule has 1 aromatic carbocycles. The number of halogens is 2. The predicted molar refractivity (Wildman–Crippen MR) is 120 cm³/mol. The van der Waals surface area contributed by atoms with E-state index in [1.165, 1.54) is 29.5 Å². The Labute approximate surface area is 190 Å². The second kappa shape index (κ2) is 8.89. The van der Waals surface area contributed by atoms with Crippen molar-refractivity contribution in [2.45, 2.75) is 25.7 Å². The predicted octanol–water partition coefficient (Wildman–Crippen LogP) is 6.21. The lowest BCUT2D eigenvalue weighted by molar-refractivity contribution is -0.112. The smallest absolute Gasteiger partial charge is 0.267 e. The molecule has 31 heavy (non-hydrogen) atoms. The van der Waals surface area contributed by atoms with Gasteiger partial charge in [-0.25, -0.2) is 4.39 Å². The number of nitrogens with zero attached hydrogens (tertiary/aromatic N) is 2. The van der Waals surface area contributed by atoms with E-state index in [0.29, 0.717) is 32.1 Å². The van der Waals surface area contributed by atoms with Crippen molar-refractivity contribution in [3.63, 3.8) is 0 Å². The van der Waals surface area contributed by atoms with E-state index in [2.05, 4.69) is 27.3 Å². The molecule has 0 bridgehead atoms. The summed E-state index contributed by atoms with van der Waals surface area (Å²) in [7, 11) is 0. The first-order chi connectivity index (χ1) is 15.0. The summed E-state index contributed by atoms with van der Waals surface area (Å²) in [6.07, 6.45) is 5.18. The molecule has 5 nitrogen and oxygen atoms in total. The van der Waals surface area contributed by atoms with Crippen LogP contribution in [-0.4, -0.2) is 5.91 Å². The fraction of sp³-hybridized carbons (Fsp3) is 0.174. The molecule has 0 atom stereocenters. The molecule has 4 rings (SSSR count). The molecule has 1 amide bonds. The van der Waals surface area contributed by atoms with Crippen LogP contribution < -0.4 is 5.32 Å². The Morgan fingerprint density at radius 2 is 2.03 bits per heavy atom. The third kappa shape index (κ3) is 4.32. The zero-order valence-electron chi connectivity index (χ0n) is 16.2. The highest BCUT2D eigenvalue weighted by atomic mass is 79.9. The van der Waals surface area contributed by atoms with Crippen LogP contribution in [0.4, 0.5) is 9.39 Å². The Morgan fingerprint density at radius 1 is 1.23 bits per heavy atom. The third-order valence-corrected chi connectivity index (χ3v) is 6.85. The van der Waals surface area contributed by atoms with E-state index in [4.69, 9.17) is 4.42 Å². The lowest BCUT2D eigenvalue weighted by atomic mass is 9.96. The van der Waals surface area contributed by atoms with Gasteiger partial charge in [-0.15, -0.1) is 11.3 Å². The largest absolute Gasteiger partial charge is 0.457 e. The Kier molecular flexibility index (Phi) is 6.03. The molecule has 1 N–H and O–H groups in total. The number of nitrogens with one attached hydrogen (secondary N) is 1. The zero-order chi connectivity index (χ0) is 22.0. The average molecular weight is 496 g/mol. The number of anilines is 1. The van der Waals surface area contributed by atoms with Crippen molar-refractivity contribution in [3.8, 4) is 23.5 Å². The number of carbonyl (C=O) groups is 1. The molecule has 3 aromatic rings. The SMILES string of the molecule is N#C/C(=C\c1ccc(-c2ccc(F)cc2Br)o1)C(=O)Nc1sc2c(c1C#N)CCCC2. The van der Waals surface area contributed by atoms with Crippen LogP contribution in [0.25, 0.3) is 17.4 Å². The second-order valence-corrected chi connectivity index (χ2v) is 8.94. The molecule has 1 aliphatic rings. The van der Waals surface area contributed by atoms with Crippen LogP contribution in [0.2, 0.25) is 0 Å². The van der Waals surface area contributed by atoms with E-state index < -0.39 is 5.91 Å². The van der Waals surface area contributed by atoms with E-state index in [1.54, 1.807) is 18.2 Å². The Morgan fingerprint density at radius 3 is 2.77 bits per heavy atom. The van der Waals surface area contributed by atoms with Crippen LogP contribution in [0.15, 0.2) is 44.8 Å². The van der Waals surface area contributed by atoms with Crippen LogP contribution in [0, 0.1) is 28.5 Å². The summed E-state index contributed by atoms with van der Waals surface area (Å²) in [4.78, 5) is 13.8. The summed E-state index contributed by atoms with van der Waals surface area (Å²) in [5, 5.41) is 22.2. The molecule has 0 fully saturated rings. The van der Waals surface area contributed by atoms with Gasteiger partial charge in [0.2, 0.25) is 0 Å². The molecular weight excluding hydrogens is 481 g/mol. The lowest BCUT2D eigenvalue weighted by Gasteiger charge is -2.09. The summed E-state index contributed by atoms with van der Waals surface area (Å²) in [6, 6.07) is 11.6. The number of nitriles is 2. The fourth-order valence-corrected chi connectivity index (χ4v) is 5.28. The lowest BCUT2D eigenvalue weighted by Crippen LogP contribution is -2.13. The fourth-order valence-electron chi connectivity index (χ4n) is 3.50. The molecule has 0 saturated heterocycles. The maximum atomic E-state index is 13.3. The van der Waals surface area contributed by atoms with E-state index in [1.807, 2.05) is 6.07 Å². The molecule has 0 unspecified atom stereocenters. The standard InChI is InChI=1S/C23H15BrFN3O2S/c24-19-10-14(25)5-7-17(19)20-8-6-15(30-20)9-13(11-26)22(29)28-23-18(12-27)16-3-1-2-4-21(16)31-23/h5-10H,1-4H2,(H,28,29)/b13-9+. The molecule has 2 heterocycles. The second-order valence-electron chi connectivity index (χ2n) is 6.98. The normalized spacial score (nSPS) is 13.2. The van der Waals surface area contributed by atoms with Crippen molar-refractivity contribution in [3.05, 3.63) is 68.0 Å². The number of furan rings is 1. The van der Waals surface area contributed by atoms with Gasteiger partial charge in [0.25, 0.3) is 5.91 Å². The minimum Gasteiger partial charge on any atom is -0.457 e. The number of rotatable bonds is 4. The van der Waals surface area contributed by atoms with Gasteiger partial charge in [0.1, 0.15) is 40.1 Å². The van der Waals surface area contributed by atoms with E-state index in [0.717, 1.165) is 36.1 Å². The molecule has 0 spiro atoms. The van der Waals surface area contributed by atoms with Crippen LogP contribution in [0.1, 0.15) is 34.6 Å². The monoisotopic (exact) mass is 495 g/mol. The van der Waals surface area contributed by atoms with E-state index in [9.17, 15) is 19.7 Å². The minimum absolute atomic E-state index is 0.144. The molecule has 1 aliphatic carbocycles.